The van der Waals surface area contributed by atoms with Gasteiger partial charge < -0.3 is 0 Å². The number of pyridine rings is 1. The van der Waals surface area contributed by atoms with E-state index >= 15 is 0 Å². The van der Waals surface area contributed by atoms with E-state index in [4.69, 9.17) is 5.21 Å². The Bertz CT molecular complexity index is 258. The Kier molecular flexibility index (Phi) is 1.67. The molecule has 0 saturated heterocycles. The minimum atomic E-state index is -0.0524. The number of carbonyl (C=O) groups is 1. The fraction of sp³-hybridized carbons (Fsp3) is 0.143. The molecule has 0 radical (unpaired) electrons. The Balaban J connectivity index is 3.07. The van der Waals surface area contributed by atoms with Crippen LogP contribution in [0.15, 0.2) is 24.5 Å². The third kappa shape index (κ3) is 1.31. The average molecular weight is 138 g/mol. The number of rotatable bonds is 1. The quantitative estimate of drug-likeness (QED) is 0.347. The number of hydrogen-bond acceptors (Lipinski definition) is 2. The van der Waals surface area contributed by atoms with Gasteiger partial charge in [0.15, 0.2) is 5.78 Å². The van der Waals surface area contributed by atoms with Crippen LogP contribution in [0, 0.1) is 0 Å². The lowest BCUT2D eigenvalue weighted by Crippen LogP contribution is -2.29. The van der Waals surface area contributed by atoms with Crippen LogP contribution in [0.1, 0.15) is 17.3 Å². The van der Waals surface area contributed by atoms with Gasteiger partial charge in [-0.15, -0.1) is 0 Å². The lowest BCUT2D eigenvalue weighted by atomic mass is 10.2. The van der Waals surface area contributed by atoms with Gasteiger partial charge in [0, 0.05) is 10.8 Å². The van der Waals surface area contributed by atoms with Gasteiger partial charge in [0.05, 0.1) is 5.56 Å². The molecule has 0 spiro atoms. The lowest BCUT2D eigenvalue weighted by Gasteiger charge is -1.87. The maximum Gasteiger partial charge on any atom is 0.233 e. The highest BCUT2D eigenvalue weighted by Crippen LogP contribution is 1.93. The first-order chi connectivity index (χ1) is 4.70. The molecule has 1 aromatic heterocycles. The van der Waals surface area contributed by atoms with Crippen LogP contribution in [0.2, 0.25) is 0 Å². The van der Waals surface area contributed by atoms with Crippen molar-refractivity contribution in [3.05, 3.63) is 30.1 Å². The molecule has 0 saturated carbocycles. The zero-order valence-electron chi connectivity index (χ0n) is 5.61. The molecule has 0 aliphatic carbocycles. The first kappa shape index (κ1) is 6.74. The molecule has 0 aliphatic rings. The molecule has 0 amide bonds. The van der Waals surface area contributed by atoms with Gasteiger partial charge in [0.25, 0.3) is 0 Å². The number of Topliss-reactive ketones (excluding diaryl/α,β-unsaturated/α-hetero) is 1. The smallest absolute Gasteiger partial charge is 0.233 e. The van der Waals surface area contributed by atoms with Gasteiger partial charge in [-0.2, -0.15) is 0 Å². The van der Waals surface area contributed by atoms with E-state index in [0.29, 0.717) is 5.56 Å². The summed E-state index contributed by atoms with van der Waals surface area (Å²) < 4.78 is 0.858. The number of carbonyl (C=O) groups excluding carboxylic acids is 1. The largest absolute Gasteiger partial charge is 0.294 e. The summed E-state index contributed by atoms with van der Waals surface area (Å²) in [5.41, 5.74) is 0.505. The van der Waals surface area contributed by atoms with Gasteiger partial charge in [-0.05, 0) is 13.0 Å². The summed E-state index contributed by atoms with van der Waals surface area (Å²) in [4.78, 5) is 10.7. The van der Waals surface area contributed by atoms with E-state index in [1.807, 2.05) is 0 Å². The summed E-state index contributed by atoms with van der Waals surface area (Å²) in [6, 6.07) is 3.26. The van der Waals surface area contributed by atoms with Crippen molar-refractivity contribution in [2.45, 2.75) is 6.92 Å². The van der Waals surface area contributed by atoms with Crippen molar-refractivity contribution < 1.29 is 14.7 Å². The SMILES string of the molecule is CC(=O)c1ccc[n+](O)c1. The van der Waals surface area contributed by atoms with Crippen molar-refractivity contribution in [1.82, 2.24) is 0 Å². The first-order valence-electron chi connectivity index (χ1n) is 2.91. The third-order valence-electron chi connectivity index (χ3n) is 1.19. The van der Waals surface area contributed by atoms with Crippen LogP contribution in [0.25, 0.3) is 0 Å². The Morgan fingerprint density at radius 1 is 1.70 bits per heavy atom. The van der Waals surface area contributed by atoms with Crippen molar-refractivity contribution in [2.24, 2.45) is 0 Å². The zero-order chi connectivity index (χ0) is 7.56. The number of nitrogens with zero attached hydrogens (tertiary/aromatic N) is 1. The molecule has 1 heterocycles. The van der Waals surface area contributed by atoms with E-state index in [1.54, 1.807) is 12.1 Å². The van der Waals surface area contributed by atoms with Gasteiger partial charge in [0.2, 0.25) is 12.4 Å². The topological polar surface area (TPSA) is 41.2 Å². The van der Waals surface area contributed by atoms with Crippen molar-refractivity contribution in [3.63, 3.8) is 0 Å². The van der Waals surface area contributed by atoms with Gasteiger partial charge in [0.1, 0.15) is 0 Å². The van der Waals surface area contributed by atoms with E-state index in [9.17, 15) is 4.79 Å². The van der Waals surface area contributed by atoms with E-state index in [0.717, 1.165) is 4.73 Å². The van der Waals surface area contributed by atoms with E-state index in [2.05, 4.69) is 0 Å². The third-order valence-corrected chi connectivity index (χ3v) is 1.19. The maximum absolute atomic E-state index is 10.7. The van der Waals surface area contributed by atoms with Crippen molar-refractivity contribution in [3.8, 4) is 0 Å². The van der Waals surface area contributed by atoms with Crippen LogP contribution < -0.4 is 4.73 Å². The molecular formula is C7H8NO2+. The highest BCUT2D eigenvalue weighted by Gasteiger charge is 2.03. The molecule has 0 bridgehead atoms. The minimum absolute atomic E-state index is 0.0524. The van der Waals surface area contributed by atoms with Gasteiger partial charge in [-0.25, -0.2) is 0 Å². The molecule has 1 aromatic rings. The van der Waals surface area contributed by atoms with Crippen LogP contribution in [-0.4, -0.2) is 11.0 Å². The predicted octanol–water partition coefficient (Wildman–Crippen LogP) is 0.414. The highest BCUT2D eigenvalue weighted by molar-refractivity contribution is 5.93. The molecule has 10 heavy (non-hydrogen) atoms. The molecule has 1 N–H and O–H groups in total. The number of hydrogen-bond donors (Lipinski definition) is 1. The fourth-order valence-corrected chi connectivity index (χ4v) is 0.672. The molecular weight excluding hydrogens is 130 g/mol. The Morgan fingerprint density at radius 3 is 2.80 bits per heavy atom. The molecule has 0 atom stereocenters. The second kappa shape index (κ2) is 2.47. The summed E-state index contributed by atoms with van der Waals surface area (Å²) in [5.74, 6) is -0.0524. The zero-order valence-corrected chi connectivity index (χ0v) is 5.61. The van der Waals surface area contributed by atoms with Crippen LogP contribution in [0.3, 0.4) is 0 Å². The standard InChI is InChI=1S/C7H8NO2/c1-6(9)7-3-2-4-8(10)5-7/h2-5,10H,1H3/q+1. The van der Waals surface area contributed by atoms with Crippen molar-refractivity contribution in [1.29, 1.82) is 0 Å². The summed E-state index contributed by atoms with van der Waals surface area (Å²) in [6.07, 6.45) is 2.81. The first-order valence-corrected chi connectivity index (χ1v) is 2.91. The van der Waals surface area contributed by atoms with Gasteiger partial charge in [-0.3, -0.25) is 10.0 Å². The number of aromatic nitrogens is 1. The molecule has 0 aliphatic heterocycles. The van der Waals surface area contributed by atoms with E-state index in [-0.39, 0.29) is 5.78 Å². The molecule has 3 nitrogen and oxygen atoms in total. The molecule has 0 unspecified atom stereocenters. The molecule has 1 rings (SSSR count). The highest BCUT2D eigenvalue weighted by atomic mass is 16.5. The van der Waals surface area contributed by atoms with Crippen molar-refractivity contribution >= 4 is 5.78 Å². The average Bonchev–Trinajstić information content (AvgIpc) is 1.88. The Labute approximate surface area is 58.5 Å². The van der Waals surface area contributed by atoms with Gasteiger partial charge in [-0.1, -0.05) is 0 Å². The number of ketones is 1. The van der Waals surface area contributed by atoms with Crippen LogP contribution in [0.4, 0.5) is 0 Å². The van der Waals surface area contributed by atoms with Crippen LogP contribution in [0.5, 0.6) is 0 Å². The molecule has 0 aromatic carbocycles. The minimum Gasteiger partial charge on any atom is -0.294 e. The van der Waals surface area contributed by atoms with E-state index < -0.39 is 0 Å². The monoisotopic (exact) mass is 138 g/mol. The van der Waals surface area contributed by atoms with E-state index in [1.165, 1.54) is 19.3 Å². The Morgan fingerprint density at radius 2 is 2.40 bits per heavy atom. The van der Waals surface area contributed by atoms with Crippen molar-refractivity contribution in [2.75, 3.05) is 0 Å². The van der Waals surface area contributed by atoms with Crippen LogP contribution >= 0.6 is 0 Å². The summed E-state index contributed by atoms with van der Waals surface area (Å²) in [6.45, 7) is 1.45. The van der Waals surface area contributed by atoms with Crippen LogP contribution in [-0.2, 0) is 0 Å². The van der Waals surface area contributed by atoms with Gasteiger partial charge >= 0.3 is 0 Å². The summed E-state index contributed by atoms with van der Waals surface area (Å²) in [5, 5.41) is 8.83. The fourth-order valence-electron chi connectivity index (χ4n) is 0.672. The molecule has 0 fully saturated rings. The molecule has 52 valence electrons. The second-order valence-corrected chi connectivity index (χ2v) is 2.03. The summed E-state index contributed by atoms with van der Waals surface area (Å²) >= 11 is 0. The Hall–Kier alpha value is -1.38. The summed E-state index contributed by atoms with van der Waals surface area (Å²) in [7, 11) is 0. The molecule has 3 heteroatoms. The maximum atomic E-state index is 10.7. The lowest BCUT2D eigenvalue weighted by molar-refractivity contribution is -0.904. The normalized spacial score (nSPS) is 9.30. The predicted molar refractivity (Wildman–Crippen MR) is 33.8 cm³/mol. The second-order valence-electron chi connectivity index (χ2n) is 2.03.